The predicted octanol–water partition coefficient (Wildman–Crippen LogP) is 5.13. The summed E-state index contributed by atoms with van der Waals surface area (Å²) in [7, 11) is 0. The monoisotopic (exact) mass is 433 g/mol. The van der Waals surface area contributed by atoms with E-state index in [1.165, 1.54) is 12.1 Å². The van der Waals surface area contributed by atoms with E-state index in [2.05, 4.69) is 9.97 Å². The number of oxazole rings is 1. The van der Waals surface area contributed by atoms with Crippen LogP contribution < -0.4 is 9.64 Å². The highest BCUT2D eigenvalue weighted by molar-refractivity contribution is 5.97. The molecule has 1 aliphatic heterocycles. The van der Waals surface area contributed by atoms with Gasteiger partial charge in [-0.1, -0.05) is 12.1 Å². The van der Waals surface area contributed by atoms with Crippen molar-refractivity contribution in [2.24, 2.45) is 0 Å². The minimum atomic E-state index is -0.537. The number of anilines is 2. The number of benzene rings is 2. The van der Waals surface area contributed by atoms with Crippen LogP contribution in [0.2, 0.25) is 0 Å². The van der Waals surface area contributed by atoms with Crippen molar-refractivity contribution in [2.45, 2.75) is 13.3 Å². The molecule has 2 aromatic heterocycles. The third-order valence-electron chi connectivity index (χ3n) is 5.17. The summed E-state index contributed by atoms with van der Waals surface area (Å²) in [5.74, 6) is -0.110. The van der Waals surface area contributed by atoms with Crippen LogP contribution in [-0.2, 0) is 4.74 Å². The fourth-order valence-corrected chi connectivity index (χ4v) is 3.73. The number of carbonyl (C=O) groups excluding carboxylic acids is 1. The van der Waals surface area contributed by atoms with Crippen molar-refractivity contribution in [3.05, 3.63) is 66.1 Å². The van der Waals surface area contributed by atoms with Gasteiger partial charge in [-0.2, -0.15) is 0 Å². The van der Waals surface area contributed by atoms with Gasteiger partial charge in [-0.25, -0.2) is 19.2 Å². The summed E-state index contributed by atoms with van der Waals surface area (Å²) in [4.78, 5) is 23.7. The lowest BCUT2D eigenvalue weighted by molar-refractivity contribution is 0.0526. The van der Waals surface area contributed by atoms with Crippen molar-refractivity contribution in [2.75, 3.05) is 24.7 Å². The van der Waals surface area contributed by atoms with Gasteiger partial charge in [0, 0.05) is 12.6 Å². The lowest BCUT2D eigenvalue weighted by Crippen LogP contribution is -2.19. The maximum atomic E-state index is 14.0. The third-order valence-corrected chi connectivity index (χ3v) is 5.17. The van der Waals surface area contributed by atoms with Gasteiger partial charge in [0.25, 0.3) is 0 Å². The van der Waals surface area contributed by atoms with E-state index in [4.69, 9.17) is 13.9 Å². The lowest BCUT2D eigenvalue weighted by atomic mass is 10.1. The number of carbonyl (C=O) groups is 1. The molecule has 0 saturated heterocycles. The second-order valence-corrected chi connectivity index (χ2v) is 7.26. The van der Waals surface area contributed by atoms with E-state index in [9.17, 15) is 9.18 Å². The zero-order valence-electron chi connectivity index (χ0n) is 17.4. The summed E-state index contributed by atoms with van der Waals surface area (Å²) < 4.78 is 30.9. The second-order valence-electron chi connectivity index (χ2n) is 7.26. The summed E-state index contributed by atoms with van der Waals surface area (Å²) in [5.41, 5.74) is 2.96. The number of para-hydroxylation sites is 2. The van der Waals surface area contributed by atoms with Crippen LogP contribution in [0.15, 0.2) is 59.1 Å². The first-order valence-electron chi connectivity index (χ1n) is 10.4. The summed E-state index contributed by atoms with van der Waals surface area (Å²) in [6.45, 7) is 3.03. The maximum absolute atomic E-state index is 14.0. The molecule has 0 radical (unpaired) electrons. The van der Waals surface area contributed by atoms with E-state index in [1.54, 1.807) is 31.3 Å². The molecule has 0 unspecified atom stereocenters. The number of ether oxygens (including phenoxy) is 2. The van der Waals surface area contributed by atoms with Crippen molar-refractivity contribution >= 4 is 28.4 Å². The Morgan fingerprint density at radius 3 is 2.94 bits per heavy atom. The molecule has 5 rings (SSSR count). The summed E-state index contributed by atoms with van der Waals surface area (Å²) in [5, 5.41) is 0. The van der Waals surface area contributed by atoms with Gasteiger partial charge in [0.1, 0.15) is 22.8 Å². The van der Waals surface area contributed by atoms with Crippen molar-refractivity contribution in [3.8, 4) is 17.3 Å². The van der Waals surface area contributed by atoms with Crippen LogP contribution >= 0.6 is 0 Å². The van der Waals surface area contributed by atoms with E-state index in [0.29, 0.717) is 41.4 Å². The third kappa shape index (κ3) is 3.64. The molecular weight excluding hydrogens is 413 g/mol. The van der Waals surface area contributed by atoms with E-state index in [1.807, 2.05) is 23.1 Å². The zero-order valence-corrected chi connectivity index (χ0v) is 17.4. The molecule has 0 saturated carbocycles. The maximum Gasteiger partial charge on any atom is 0.340 e. The minimum Gasteiger partial charge on any atom is -0.491 e. The zero-order chi connectivity index (χ0) is 22.1. The standard InChI is InChI=1S/C24H20FN3O4/c1-2-30-24(29)17-13-16(28-10-5-11-31-21-9-8-15(25)12-19(21)28)14-26-22(17)23-27-18-6-3-4-7-20(18)32-23/h3-4,6-9,12-14H,2,5,10-11H2,1H3. The van der Waals surface area contributed by atoms with Crippen LogP contribution in [0, 0.1) is 5.82 Å². The van der Waals surface area contributed by atoms with Crippen molar-refractivity contribution in [3.63, 3.8) is 0 Å². The highest BCUT2D eigenvalue weighted by Gasteiger charge is 2.25. The fraction of sp³-hybridized carbons (Fsp3) is 0.208. The quantitative estimate of drug-likeness (QED) is 0.413. The minimum absolute atomic E-state index is 0.210. The van der Waals surface area contributed by atoms with Gasteiger partial charge in [-0.15, -0.1) is 0 Å². The molecule has 0 aliphatic carbocycles. The van der Waals surface area contributed by atoms with Crippen molar-refractivity contribution in [1.82, 2.24) is 9.97 Å². The predicted molar refractivity (Wildman–Crippen MR) is 117 cm³/mol. The normalized spacial score (nSPS) is 13.4. The molecule has 0 N–H and O–H groups in total. The SMILES string of the molecule is CCOC(=O)c1cc(N2CCCOc3ccc(F)cc32)cnc1-c1nc2ccccc2o1. The van der Waals surface area contributed by atoms with Gasteiger partial charge < -0.3 is 18.8 Å². The molecule has 0 spiro atoms. The number of pyridine rings is 1. The Morgan fingerprint density at radius 2 is 2.09 bits per heavy atom. The van der Waals surface area contributed by atoms with E-state index < -0.39 is 5.97 Å². The molecule has 4 aromatic rings. The molecule has 162 valence electrons. The Bertz CT molecular complexity index is 1270. The first kappa shape index (κ1) is 20.0. The molecule has 0 atom stereocenters. The highest BCUT2D eigenvalue weighted by atomic mass is 19.1. The fourth-order valence-electron chi connectivity index (χ4n) is 3.73. The van der Waals surface area contributed by atoms with Crippen molar-refractivity contribution < 1.29 is 23.1 Å². The number of hydrogen-bond acceptors (Lipinski definition) is 7. The summed E-state index contributed by atoms with van der Waals surface area (Å²) >= 11 is 0. The average molecular weight is 433 g/mol. The largest absolute Gasteiger partial charge is 0.491 e. The van der Waals surface area contributed by atoms with E-state index >= 15 is 0 Å². The Labute approximate surface area is 183 Å². The topological polar surface area (TPSA) is 77.7 Å². The number of halogens is 1. The number of nitrogens with zero attached hydrogens (tertiary/aromatic N) is 3. The van der Waals surface area contributed by atoms with Crippen LogP contribution in [0.25, 0.3) is 22.7 Å². The van der Waals surface area contributed by atoms with Gasteiger partial charge in [-0.05, 0) is 43.7 Å². The Morgan fingerprint density at radius 1 is 1.22 bits per heavy atom. The van der Waals surface area contributed by atoms with Crippen LogP contribution in [0.4, 0.5) is 15.8 Å². The number of rotatable bonds is 4. The average Bonchev–Trinajstić information content (AvgIpc) is 3.13. The molecule has 32 heavy (non-hydrogen) atoms. The van der Waals surface area contributed by atoms with Gasteiger partial charge in [0.15, 0.2) is 5.58 Å². The Hall–Kier alpha value is -3.94. The molecular formula is C24H20FN3O4. The second kappa shape index (κ2) is 8.30. The number of hydrogen-bond donors (Lipinski definition) is 0. The highest BCUT2D eigenvalue weighted by Crippen LogP contribution is 2.38. The molecule has 7 nitrogen and oxygen atoms in total. The van der Waals surface area contributed by atoms with Crippen molar-refractivity contribution in [1.29, 1.82) is 0 Å². The van der Waals surface area contributed by atoms with Gasteiger partial charge >= 0.3 is 5.97 Å². The molecule has 0 bridgehead atoms. The molecule has 2 aromatic carbocycles. The van der Waals surface area contributed by atoms with E-state index in [0.717, 1.165) is 6.42 Å². The van der Waals surface area contributed by atoms with Gasteiger partial charge in [0.05, 0.1) is 36.3 Å². The van der Waals surface area contributed by atoms with Gasteiger partial charge in [0.2, 0.25) is 5.89 Å². The van der Waals surface area contributed by atoms with Crippen LogP contribution in [0.1, 0.15) is 23.7 Å². The number of fused-ring (bicyclic) bond motifs is 2. The first-order chi connectivity index (χ1) is 15.6. The summed E-state index contributed by atoms with van der Waals surface area (Å²) in [6.07, 6.45) is 2.34. The van der Waals surface area contributed by atoms with Crippen LogP contribution in [-0.4, -0.2) is 35.7 Å². The number of esters is 1. The molecule has 0 amide bonds. The lowest BCUT2D eigenvalue weighted by Gasteiger charge is -2.24. The van der Waals surface area contributed by atoms with Gasteiger partial charge in [-0.3, -0.25) is 0 Å². The smallest absolute Gasteiger partial charge is 0.340 e. The van der Waals surface area contributed by atoms with E-state index in [-0.39, 0.29) is 29.6 Å². The Kier molecular flexibility index (Phi) is 5.18. The van der Waals surface area contributed by atoms with Crippen LogP contribution in [0.3, 0.4) is 0 Å². The molecule has 1 aliphatic rings. The molecule has 8 heteroatoms. The number of aromatic nitrogens is 2. The summed E-state index contributed by atoms with van der Waals surface area (Å²) in [6, 6.07) is 13.4. The molecule has 3 heterocycles. The van der Waals surface area contributed by atoms with Crippen LogP contribution in [0.5, 0.6) is 5.75 Å². The Balaban J connectivity index is 1.63. The first-order valence-corrected chi connectivity index (χ1v) is 10.4. The molecule has 0 fully saturated rings.